The molecule has 3 rings (SSSR count). The molecule has 1 unspecified atom stereocenters. The number of aromatic nitrogens is 5. The molecule has 2 aromatic rings. The Morgan fingerprint density at radius 3 is 3.05 bits per heavy atom. The first kappa shape index (κ1) is 15.0. The Balaban J connectivity index is 1.81. The Morgan fingerprint density at radius 2 is 2.32 bits per heavy atom. The van der Waals surface area contributed by atoms with Crippen molar-refractivity contribution in [3.63, 3.8) is 0 Å². The highest BCUT2D eigenvalue weighted by molar-refractivity contribution is 7.98. The van der Waals surface area contributed by atoms with Crippen molar-refractivity contribution in [2.24, 2.45) is 0 Å². The molecule has 7 nitrogen and oxygen atoms in total. The van der Waals surface area contributed by atoms with Crippen LogP contribution in [0.4, 0.5) is 0 Å². The van der Waals surface area contributed by atoms with Gasteiger partial charge >= 0.3 is 0 Å². The van der Waals surface area contributed by atoms with Crippen LogP contribution in [0, 0.1) is 0 Å². The molecule has 1 fully saturated rings. The van der Waals surface area contributed by atoms with Crippen LogP contribution in [-0.2, 0) is 5.41 Å². The van der Waals surface area contributed by atoms with Crippen LogP contribution < -0.4 is 0 Å². The van der Waals surface area contributed by atoms with Gasteiger partial charge in [0, 0.05) is 35.8 Å². The number of amides is 1. The number of pyridine rings is 1. The first-order valence-corrected chi connectivity index (χ1v) is 8.37. The van der Waals surface area contributed by atoms with E-state index in [4.69, 9.17) is 0 Å². The van der Waals surface area contributed by atoms with Gasteiger partial charge in [-0.2, -0.15) is 5.21 Å². The van der Waals surface area contributed by atoms with Gasteiger partial charge in [0.15, 0.2) is 5.82 Å². The molecule has 1 saturated heterocycles. The van der Waals surface area contributed by atoms with Crippen molar-refractivity contribution in [2.45, 2.75) is 30.1 Å². The van der Waals surface area contributed by atoms with E-state index in [1.54, 1.807) is 24.2 Å². The quantitative estimate of drug-likeness (QED) is 0.863. The molecule has 1 N–H and O–H groups in total. The van der Waals surface area contributed by atoms with Crippen LogP contribution >= 0.6 is 11.8 Å². The fraction of sp³-hybridized carbons (Fsp3) is 0.500. The Hall–Kier alpha value is -1.96. The van der Waals surface area contributed by atoms with Crippen LogP contribution in [0.5, 0.6) is 0 Å². The van der Waals surface area contributed by atoms with Crippen LogP contribution in [0.15, 0.2) is 23.4 Å². The molecule has 1 aliphatic heterocycles. The molecular weight excluding hydrogens is 300 g/mol. The Morgan fingerprint density at radius 1 is 1.45 bits per heavy atom. The van der Waals surface area contributed by atoms with Crippen LogP contribution in [-0.4, -0.2) is 55.8 Å². The van der Waals surface area contributed by atoms with E-state index in [1.165, 1.54) is 0 Å². The molecule has 2 aromatic heterocycles. The summed E-state index contributed by atoms with van der Waals surface area (Å²) in [7, 11) is 0. The predicted octanol–water partition coefficient (Wildman–Crippen LogP) is 1.51. The van der Waals surface area contributed by atoms with Gasteiger partial charge in [0.05, 0.1) is 5.56 Å². The van der Waals surface area contributed by atoms with E-state index < -0.39 is 0 Å². The van der Waals surface area contributed by atoms with Crippen LogP contribution in [0.2, 0.25) is 0 Å². The highest BCUT2D eigenvalue weighted by atomic mass is 32.2. The molecular formula is C14H18N6OS. The number of H-pyrrole nitrogens is 1. The van der Waals surface area contributed by atoms with E-state index in [1.807, 2.05) is 17.2 Å². The number of tetrazole rings is 1. The van der Waals surface area contributed by atoms with Gasteiger partial charge in [-0.25, -0.2) is 0 Å². The first-order chi connectivity index (χ1) is 10.6. The van der Waals surface area contributed by atoms with Crippen molar-refractivity contribution < 1.29 is 4.79 Å². The summed E-state index contributed by atoms with van der Waals surface area (Å²) in [5.74, 6) is 0.679. The van der Waals surface area contributed by atoms with E-state index in [2.05, 4.69) is 32.5 Å². The molecule has 0 spiro atoms. The standard InChI is InChI=1S/C14H18N6OS/c1-14(13-16-18-19-17-13)4-3-5-20(9-14)12(21)10-6-11(22-2)8-15-7-10/h6-8H,3-5,9H2,1-2H3,(H,16,17,18,19). The van der Waals surface area contributed by atoms with Gasteiger partial charge < -0.3 is 4.90 Å². The second-order valence-corrected chi connectivity index (χ2v) is 6.62. The molecule has 1 atom stereocenters. The molecule has 22 heavy (non-hydrogen) atoms. The van der Waals surface area contributed by atoms with Gasteiger partial charge in [-0.15, -0.1) is 22.0 Å². The number of hydrogen-bond donors (Lipinski definition) is 1. The van der Waals surface area contributed by atoms with E-state index in [0.29, 0.717) is 17.9 Å². The van der Waals surface area contributed by atoms with Crippen molar-refractivity contribution in [1.82, 2.24) is 30.5 Å². The first-order valence-electron chi connectivity index (χ1n) is 7.15. The third-order valence-corrected chi connectivity index (χ3v) is 4.76. The lowest BCUT2D eigenvalue weighted by Gasteiger charge is -2.38. The zero-order valence-corrected chi connectivity index (χ0v) is 13.4. The fourth-order valence-corrected chi connectivity index (χ4v) is 3.25. The maximum atomic E-state index is 12.7. The summed E-state index contributed by atoms with van der Waals surface area (Å²) >= 11 is 1.58. The van der Waals surface area contributed by atoms with Gasteiger partial charge in [0.25, 0.3) is 5.91 Å². The average Bonchev–Trinajstić information content (AvgIpc) is 3.09. The lowest BCUT2D eigenvalue weighted by molar-refractivity contribution is 0.0643. The summed E-state index contributed by atoms with van der Waals surface area (Å²) in [5.41, 5.74) is 0.370. The number of carbonyl (C=O) groups excluding carboxylic acids is 1. The van der Waals surface area contributed by atoms with Crippen molar-refractivity contribution >= 4 is 17.7 Å². The highest BCUT2D eigenvalue weighted by Gasteiger charge is 2.38. The van der Waals surface area contributed by atoms with Crippen LogP contribution in [0.1, 0.15) is 35.9 Å². The molecule has 3 heterocycles. The normalized spacial score (nSPS) is 21.8. The van der Waals surface area contributed by atoms with Crippen molar-refractivity contribution in [3.05, 3.63) is 29.8 Å². The van der Waals surface area contributed by atoms with Gasteiger partial charge in [-0.3, -0.25) is 9.78 Å². The zero-order valence-electron chi connectivity index (χ0n) is 12.6. The smallest absolute Gasteiger partial charge is 0.255 e. The predicted molar refractivity (Wildman–Crippen MR) is 82.7 cm³/mol. The minimum atomic E-state index is -0.258. The lowest BCUT2D eigenvalue weighted by Crippen LogP contribution is -2.47. The number of aromatic amines is 1. The summed E-state index contributed by atoms with van der Waals surface area (Å²) in [6.07, 6.45) is 7.23. The number of nitrogens with zero attached hydrogens (tertiary/aromatic N) is 5. The lowest BCUT2D eigenvalue weighted by atomic mass is 9.81. The fourth-order valence-electron chi connectivity index (χ4n) is 2.84. The molecule has 0 aromatic carbocycles. The number of likely N-dealkylation sites (tertiary alicyclic amines) is 1. The minimum Gasteiger partial charge on any atom is -0.338 e. The van der Waals surface area contributed by atoms with Gasteiger partial charge in [-0.1, -0.05) is 12.1 Å². The SMILES string of the molecule is CSc1cncc(C(=O)N2CCCC(C)(c3nn[nH]n3)C2)c1. The number of thioether (sulfide) groups is 1. The van der Waals surface area contributed by atoms with Crippen molar-refractivity contribution in [1.29, 1.82) is 0 Å². The molecule has 0 radical (unpaired) electrons. The number of nitrogens with one attached hydrogen (secondary N) is 1. The maximum Gasteiger partial charge on any atom is 0.255 e. The summed E-state index contributed by atoms with van der Waals surface area (Å²) in [5, 5.41) is 14.3. The molecule has 1 aliphatic rings. The average molecular weight is 318 g/mol. The van der Waals surface area contributed by atoms with Crippen molar-refractivity contribution in [2.75, 3.05) is 19.3 Å². The van der Waals surface area contributed by atoms with Gasteiger partial charge in [0.1, 0.15) is 0 Å². The van der Waals surface area contributed by atoms with E-state index in [9.17, 15) is 4.79 Å². The Bertz CT molecular complexity index is 661. The third-order valence-electron chi connectivity index (χ3n) is 4.06. The third kappa shape index (κ3) is 2.83. The summed E-state index contributed by atoms with van der Waals surface area (Å²) in [6, 6.07) is 1.89. The van der Waals surface area contributed by atoms with Crippen LogP contribution in [0.3, 0.4) is 0 Å². The summed E-state index contributed by atoms with van der Waals surface area (Å²) in [4.78, 5) is 19.7. The molecule has 8 heteroatoms. The van der Waals surface area contributed by atoms with Crippen LogP contribution in [0.25, 0.3) is 0 Å². The molecule has 0 aliphatic carbocycles. The van der Waals surface area contributed by atoms with Crippen molar-refractivity contribution in [3.8, 4) is 0 Å². The molecule has 0 saturated carbocycles. The Kier molecular flexibility index (Phi) is 4.10. The van der Waals surface area contributed by atoms with E-state index >= 15 is 0 Å². The van der Waals surface area contributed by atoms with E-state index in [0.717, 1.165) is 24.3 Å². The minimum absolute atomic E-state index is 0.0119. The number of hydrogen-bond acceptors (Lipinski definition) is 6. The largest absolute Gasteiger partial charge is 0.338 e. The second kappa shape index (κ2) is 6.04. The van der Waals surface area contributed by atoms with Gasteiger partial charge in [0.2, 0.25) is 0 Å². The highest BCUT2D eigenvalue weighted by Crippen LogP contribution is 2.31. The summed E-state index contributed by atoms with van der Waals surface area (Å²) < 4.78 is 0. The number of carbonyl (C=O) groups is 1. The maximum absolute atomic E-state index is 12.7. The molecule has 116 valence electrons. The zero-order chi connectivity index (χ0) is 15.6. The van der Waals surface area contributed by atoms with E-state index in [-0.39, 0.29) is 11.3 Å². The monoisotopic (exact) mass is 318 g/mol. The number of rotatable bonds is 3. The summed E-state index contributed by atoms with van der Waals surface area (Å²) in [6.45, 7) is 3.42. The Labute approximate surface area is 132 Å². The van der Waals surface area contributed by atoms with Gasteiger partial charge in [-0.05, 0) is 25.2 Å². The molecule has 0 bridgehead atoms. The topological polar surface area (TPSA) is 87.7 Å². The second-order valence-electron chi connectivity index (χ2n) is 5.74. The number of piperidine rings is 1. The molecule has 1 amide bonds.